The van der Waals surface area contributed by atoms with Crippen molar-refractivity contribution < 1.29 is 19.0 Å². The molecule has 1 N–H and O–H groups in total. The SMILES string of the molecule is CCOC(=O)Cc1csc(N/N=C\c2cc(Cl)c(OC)c(OC)c2)n1. The van der Waals surface area contributed by atoms with Gasteiger partial charge in [0.1, 0.15) is 0 Å². The van der Waals surface area contributed by atoms with Crippen molar-refractivity contribution in [3.05, 3.63) is 33.8 Å². The first kappa shape index (κ1) is 19.0. The lowest BCUT2D eigenvalue weighted by Crippen LogP contribution is -2.07. The zero-order valence-electron chi connectivity index (χ0n) is 14.0. The molecule has 1 aromatic heterocycles. The molecule has 0 fully saturated rings. The Balaban J connectivity index is 2.00. The summed E-state index contributed by atoms with van der Waals surface area (Å²) >= 11 is 7.49. The number of aromatic nitrogens is 1. The van der Waals surface area contributed by atoms with Crippen molar-refractivity contribution in [2.24, 2.45) is 5.10 Å². The van der Waals surface area contributed by atoms with Gasteiger partial charge >= 0.3 is 5.97 Å². The minimum Gasteiger partial charge on any atom is -0.493 e. The van der Waals surface area contributed by atoms with E-state index >= 15 is 0 Å². The van der Waals surface area contributed by atoms with Crippen molar-refractivity contribution in [3.8, 4) is 11.5 Å². The number of hydrazone groups is 1. The Morgan fingerprint density at radius 3 is 2.88 bits per heavy atom. The molecule has 0 aliphatic carbocycles. The highest BCUT2D eigenvalue weighted by molar-refractivity contribution is 7.13. The Bertz CT molecular complexity index is 764. The first-order valence-electron chi connectivity index (χ1n) is 7.38. The van der Waals surface area contributed by atoms with Gasteiger partial charge in [-0.3, -0.25) is 10.2 Å². The lowest BCUT2D eigenvalue weighted by Gasteiger charge is -2.09. The number of esters is 1. The summed E-state index contributed by atoms with van der Waals surface area (Å²) in [5.41, 5.74) is 4.18. The molecule has 2 aromatic rings. The average Bonchev–Trinajstić information content (AvgIpc) is 3.01. The predicted octanol–water partition coefficient (Wildman–Crippen LogP) is 3.37. The van der Waals surface area contributed by atoms with Gasteiger partial charge in [0, 0.05) is 5.38 Å². The highest BCUT2D eigenvalue weighted by Crippen LogP contribution is 2.35. The fourth-order valence-electron chi connectivity index (χ4n) is 1.97. The molecule has 0 saturated carbocycles. The van der Waals surface area contributed by atoms with Gasteiger partial charge in [-0.15, -0.1) is 11.3 Å². The summed E-state index contributed by atoms with van der Waals surface area (Å²) in [7, 11) is 3.06. The molecule has 1 aromatic carbocycles. The maximum absolute atomic E-state index is 11.4. The second kappa shape index (κ2) is 9.24. The number of benzene rings is 1. The van der Waals surface area contributed by atoms with Gasteiger partial charge in [0.25, 0.3) is 0 Å². The van der Waals surface area contributed by atoms with E-state index in [4.69, 9.17) is 25.8 Å². The third kappa shape index (κ3) is 5.33. The van der Waals surface area contributed by atoms with E-state index in [1.165, 1.54) is 25.6 Å². The summed E-state index contributed by atoms with van der Waals surface area (Å²) in [5.74, 6) is 0.683. The van der Waals surface area contributed by atoms with Crippen LogP contribution in [0, 0.1) is 0 Å². The second-order valence-corrected chi connectivity index (χ2v) is 6.00. The van der Waals surface area contributed by atoms with Gasteiger partial charge in [-0.1, -0.05) is 11.6 Å². The number of hydrogen-bond donors (Lipinski definition) is 1. The molecule has 0 unspecified atom stereocenters. The van der Waals surface area contributed by atoms with Crippen molar-refractivity contribution >= 4 is 40.3 Å². The number of halogens is 1. The quantitative estimate of drug-likeness (QED) is 0.427. The van der Waals surface area contributed by atoms with Crippen molar-refractivity contribution in [2.75, 3.05) is 26.3 Å². The number of carbonyl (C=O) groups excluding carboxylic acids is 1. The Labute approximate surface area is 154 Å². The van der Waals surface area contributed by atoms with Crippen LogP contribution >= 0.6 is 22.9 Å². The molecule has 1 heterocycles. The largest absolute Gasteiger partial charge is 0.493 e. The standard InChI is InChI=1S/C16H18ClN3O4S/c1-4-24-14(21)7-11-9-25-16(19-11)20-18-8-10-5-12(17)15(23-3)13(6-10)22-2/h5-6,8-9H,4,7H2,1-3H3,(H,19,20)/b18-8-. The minimum atomic E-state index is -0.303. The molecule has 134 valence electrons. The van der Waals surface area contributed by atoms with Gasteiger partial charge in [-0.2, -0.15) is 5.10 Å². The van der Waals surface area contributed by atoms with Gasteiger partial charge in [0.15, 0.2) is 11.5 Å². The number of rotatable bonds is 8. The normalized spacial score (nSPS) is 10.7. The number of anilines is 1. The molecule has 0 radical (unpaired) electrons. The zero-order chi connectivity index (χ0) is 18.2. The number of nitrogens with zero attached hydrogens (tertiary/aromatic N) is 2. The minimum absolute atomic E-state index is 0.140. The van der Waals surface area contributed by atoms with E-state index in [2.05, 4.69) is 15.5 Å². The lowest BCUT2D eigenvalue weighted by atomic mass is 10.2. The Morgan fingerprint density at radius 2 is 2.20 bits per heavy atom. The Kier molecular flexibility index (Phi) is 7.03. The van der Waals surface area contributed by atoms with Gasteiger partial charge in [-0.25, -0.2) is 4.98 Å². The molecule has 0 aliphatic heterocycles. The van der Waals surface area contributed by atoms with Crippen LogP contribution in [0.5, 0.6) is 11.5 Å². The molecule has 0 saturated heterocycles. The molecular weight excluding hydrogens is 366 g/mol. The summed E-state index contributed by atoms with van der Waals surface area (Å²) in [6.07, 6.45) is 1.72. The Hall–Kier alpha value is -2.32. The van der Waals surface area contributed by atoms with Gasteiger partial charge in [0.2, 0.25) is 5.13 Å². The highest BCUT2D eigenvalue weighted by Gasteiger charge is 2.10. The van der Waals surface area contributed by atoms with Gasteiger partial charge in [-0.05, 0) is 24.6 Å². The summed E-state index contributed by atoms with van der Waals surface area (Å²) in [4.78, 5) is 15.7. The van der Waals surface area contributed by atoms with Crippen LogP contribution in [-0.4, -0.2) is 38.0 Å². The number of hydrogen-bond acceptors (Lipinski definition) is 8. The van der Waals surface area contributed by atoms with Gasteiger partial charge < -0.3 is 14.2 Å². The van der Waals surface area contributed by atoms with Crippen molar-refractivity contribution in [2.45, 2.75) is 13.3 Å². The monoisotopic (exact) mass is 383 g/mol. The van der Waals surface area contributed by atoms with Crippen LogP contribution in [0.2, 0.25) is 5.02 Å². The van der Waals surface area contributed by atoms with E-state index in [0.717, 1.165) is 5.56 Å². The maximum Gasteiger partial charge on any atom is 0.311 e. The number of methoxy groups -OCH3 is 2. The van der Waals surface area contributed by atoms with E-state index in [1.54, 1.807) is 30.7 Å². The molecule has 0 amide bonds. The zero-order valence-corrected chi connectivity index (χ0v) is 15.6. The fraction of sp³-hybridized carbons (Fsp3) is 0.312. The maximum atomic E-state index is 11.4. The third-order valence-corrected chi connectivity index (χ3v) is 4.09. The van der Waals surface area contributed by atoms with Crippen LogP contribution < -0.4 is 14.9 Å². The Morgan fingerprint density at radius 1 is 1.40 bits per heavy atom. The summed E-state index contributed by atoms with van der Waals surface area (Å²) < 4.78 is 15.3. The first-order valence-corrected chi connectivity index (χ1v) is 8.63. The van der Waals surface area contributed by atoms with E-state index in [-0.39, 0.29) is 12.4 Å². The number of thiazole rings is 1. The van der Waals surface area contributed by atoms with Crippen molar-refractivity contribution in [1.82, 2.24) is 4.98 Å². The van der Waals surface area contributed by atoms with E-state index in [1.807, 2.05) is 0 Å². The average molecular weight is 384 g/mol. The first-order chi connectivity index (χ1) is 12.1. The van der Waals surface area contributed by atoms with Crippen LogP contribution in [0.15, 0.2) is 22.6 Å². The van der Waals surface area contributed by atoms with Crippen LogP contribution in [0.4, 0.5) is 5.13 Å². The van der Waals surface area contributed by atoms with Crippen molar-refractivity contribution in [3.63, 3.8) is 0 Å². The molecule has 7 nitrogen and oxygen atoms in total. The highest BCUT2D eigenvalue weighted by atomic mass is 35.5. The fourth-order valence-corrected chi connectivity index (χ4v) is 2.93. The molecule has 0 bridgehead atoms. The lowest BCUT2D eigenvalue weighted by molar-refractivity contribution is -0.142. The van der Waals surface area contributed by atoms with Gasteiger partial charge in [0.05, 0.1) is 44.2 Å². The van der Waals surface area contributed by atoms with Crippen LogP contribution in [0.25, 0.3) is 0 Å². The summed E-state index contributed by atoms with van der Waals surface area (Å²) in [6, 6.07) is 3.46. The molecule has 0 spiro atoms. The van der Waals surface area contributed by atoms with Crippen LogP contribution in [-0.2, 0) is 16.0 Å². The van der Waals surface area contributed by atoms with E-state index in [9.17, 15) is 4.79 Å². The van der Waals surface area contributed by atoms with Crippen molar-refractivity contribution in [1.29, 1.82) is 0 Å². The smallest absolute Gasteiger partial charge is 0.311 e. The van der Waals surface area contributed by atoms with E-state index < -0.39 is 0 Å². The van der Waals surface area contributed by atoms with Crippen LogP contribution in [0.1, 0.15) is 18.2 Å². The third-order valence-electron chi connectivity index (χ3n) is 3.01. The molecule has 0 aliphatic rings. The number of ether oxygens (including phenoxy) is 3. The van der Waals surface area contributed by atoms with E-state index in [0.29, 0.717) is 34.0 Å². The molecule has 2 rings (SSSR count). The molecule has 0 atom stereocenters. The molecular formula is C16H18ClN3O4S. The summed E-state index contributed by atoms with van der Waals surface area (Å²) in [5, 5.41) is 6.89. The molecule has 9 heteroatoms. The topological polar surface area (TPSA) is 82.0 Å². The second-order valence-electron chi connectivity index (χ2n) is 4.73. The molecule has 25 heavy (non-hydrogen) atoms. The number of nitrogens with one attached hydrogen (secondary N) is 1. The number of carbonyl (C=O) groups is 1. The summed E-state index contributed by atoms with van der Waals surface area (Å²) in [6.45, 7) is 2.12. The van der Waals surface area contributed by atoms with Crippen LogP contribution in [0.3, 0.4) is 0 Å². The predicted molar refractivity (Wildman–Crippen MR) is 98.2 cm³/mol.